The zero-order valence-electron chi connectivity index (χ0n) is 15.6. The van der Waals surface area contributed by atoms with Crippen molar-refractivity contribution in [3.05, 3.63) is 40.1 Å². The van der Waals surface area contributed by atoms with Gasteiger partial charge in [0, 0.05) is 18.2 Å². The molecule has 30 heavy (non-hydrogen) atoms. The number of rotatable bonds is 7. The molecule has 6 atom stereocenters. The van der Waals surface area contributed by atoms with Gasteiger partial charge in [0.05, 0.1) is 28.7 Å². The van der Waals surface area contributed by atoms with Crippen LogP contribution in [0.25, 0.3) is 0 Å². The Morgan fingerprint density at radius 3 is 2.63 bits per heavy atom. The molecule has 0 amide bonds. The van der Waals surface area contributed by atoms with Crippen LogP contribution in [0.5, 0.6) is 0 Å². The van der Waals surface area contributed by atoms with Gasteiger partial charge in [0.25, 0.3) is 0 Å². The Balaban J connectivity index is 1.63. The van der Waals surface area contributed by atoms with Crippen molar-refractivity contribution >= 4 is 46.9 Å². The maximum absolute atomic E-state index is 12.2. The van der Waals surface area contributed by atoms with E-state index in [1.54, 1.807) is 25.2 Å². The van der Waals surface area contributed by atoms with E-state index in [0.29, 0.717) is 20.8 Å². The minimum Gasteiger partial charge on any atom is -0.481 e. The Kier molecular flexibility index (Phi) is 5.48. The number of benzene rings is 1. The van der Waals surface area contributed by atoms with Gasteiger partial charge >= 0.3 is 11.9 Å². The highest BCUT2D eigenvalue weighted by Crippen LogP contribution is 2.65. The molecule has 2 aliphatic carbocycles. The largest absolute Gasteiger partial charge is 0.481 e. The van der Waals surface area contributed by atoms with Gasteiger partial charge < -0.3 is 20.7 Å². The number of nitrogens with zero attached hydrogens (tertiary/aromatic N) is 3. The number of halogens is 2. The van der Waals surface area contributed by atoms with E-state index in [-0.39, 0.29) is 6.61 Å². The van der Waals surface area contributed by atoms with E-state index in [4.69, 9.17) is 33.7 Å². The fourth-order valence-electron chi connectivity index (χ4n) is 4.29. The Morgan fingerprint density at radius 1 is 1.33 bits per heavy atom. The lowest BCUT2D eigenvalue weighted by Gasteiger charge is -2.34. The summed E-state index contributed by atoms with van der Waals surface area (Å²) in [4.78, 5) is 28.0. The van der Waals surface area contributed by atoms with Crippen molar-refractivity contribution < 1.29 is 24.5 Å². The molecule has 160 valence electrons. The molecule has 0 saturated heterocycles. The van der Waals surface area contributed by atoms with E-state index in [2.05, 4.69) is 10.1 Å². The molecule has 9 nitrogen and oxygen atoms in total. The summed E-state index contributed by atoms with van der Waals surface area (Å²) in [6, 6.07) is 4.96. The molecule has 1 aromatic heterocycles. The van der Waals surface area contributed by atoms with Crippen LogP contribution in [-0.4, -0.2) is 53.8 Å². The standard InChI is InChI=1S/C18H18Cl2N4O5S/c1-24-6-22-17(23-24)30-13-10-11(15(25)26)12(10)18(21,16(27)28)14(13)29-5-7-2-3-8(19)9(20)4-7/h2-4,6,10-14H,5,21H2,1H3,(H,25,26)(H,27,28). The quantitative estimate of drug-likeness (QED) is 0.550. The van der Waals surface area contributed by atoms with Crippen LogP contribution < -0.4 is 5.73 Å². The summed E-state index contributed by atoms with van der Waals surface area (Å²) >= 11 is 13.2. The summed E-state index contributed by atoms with van der Waals surface area (Å²) in [6.45, 7) is 0.0394. The van der Waals surface area contributed by atoms with E-state index in [9.17, 15) is 19.8 Å². The first kappa shape index (κ1) is 21.4. The Bertz CT molecular complexity index is 1020. The average molecular weight is 473 g/mol. The van der Waals surface area contributed by atoms with Crippen molar-refractivity contribution in [3.63, 3.8) is 0 Å². The molecule has 4 rings (SSSR count). The van der Waals surface area contributed by atoms with E-state index in [0.717, 1.165) is 0 Å². The van der Waals surface area contributed by atoms with Gasteiger partial charge in [-0.1, -0.05) is 41.0 Å². The third-order valence-electron chi connectivity index (χ3n) is 5.66. The molecule has 12 heteroatoms. The summed E-state index contributed by atoms with van der Waals surface area (Å²) in [6.07, 6.45) is 0.554. The molecule has 0 radical (unpaired) electrons. The third kappa shape index (κ3) is 3.46. The molecule has 2 aliphatic rings. The van der Waals surface area contributed by atoms with E-state index >= 15 is 0 Å². The predicted octanol–water partition coefficient (Wildman–Crippen LogP) is 1.91. The zero-order valence-corrected chi connectivity index (χ0v) is 17.9. The van der Waals surface area contributed by atoms with Crippen LogP contribution in [0.2, 0.25) is 10.0 Å². The second-order valence-electron chi connectivity index (χ2n) is 7.47. The van der Waals surface area contributed by atoms with E-state index < -0.39 is 46.6 Å². The fraction of sp³-hybridized carbons (Fsp3) is 0.444. The number of aliphatic carboxylic acids is 2. The molecule has 1 heterocycles. The average Bonchev–Trinajstić information content (AvgIpc) is 3.23. The lowest BCUT2D eigenvalue weighted by atomic mass is 9.88. The first-order valence-corrected chi connectivity index (χ1v) is 10.6. The number of aryl methyl sites for hydroxylation is 1. The maximum Gasteiger partial charge on any atom is 0.326 e. The number of carbonyl (C=O) groups is 2. The van der Waals surface area contributed by atoms with Gasteiger partial charge in [-0.05, 0) is 23.6 Å². The SMILES string of the molecule is Cn1cnc(SC2C3C(C(=O)O)C3C(N)(C(=O)O)C2OCc2ccc(Cl)c(Cl)c2)n1. The molecular formula is C18H18Cl2N4O5S. The molecular weight excluding hydrogens is 455 g/mol. The Labute approximate surface area is 185 Å². The number of carboxylic acid groups (broad SMARTS) is 2. The highest BCUT2D eigenvalue weighted by atomic mass is 35.5. The summed E-state index contributed by atoms with van der Waals surface area (Å²) in [7, 11) is 1.70. The highest BCUT2D eigenvalue weighted by Gasteiger charge is 2.78. The lowest BCUT2D eigenvalue weighted by molar-refractivity contribution is -0.152. The van der Waals surface area contributed by atoms with E-state index in [1.807, 2.05) is 0 Å². The third-order valence-corrected chi connectivity index (χ3v) is 7.64. The van der Waals surface area contributed by atoms with Gasteiger partial charge in [0.1, 0.15) is 11.9 Å². The maximum atomic E-state index is 12.2. The van der Waals surface area contributed by atoms with Crippen LogP contribution in [0, 0.1) is 17.8 Å². The number of aromatic nitrogens is 3. The molecule has 6 unspecified atom stereocenters. The van der Waals surface area contributed by atoms with Crippen molar-refractivity contribution in [2.45, 2.75) is 28.7 Å². The summed E-state index contributed by atoms with van der Waals surface area (Å²) < 4.78 is 7.51. The molecule has 0 aliphatic heterocycles. The van der Waals surface area contributed by atoms with Crippen LogP contribution in [-0.2, 0) is 28.0 Å². The zero-order chi connectivity index (χ0) is 21.8. The molecule has 2 fully saturated rings. The summed E-state index contributed by atoms with van der Waals surface area (Å²) in [5, 5.41) is 24.3. The molecule has 2 aromatic rings. The highest BCUT2D eigenvalue weighted by molar-refractivity contribution is 7.99. The van der Waals surface area contributed by atoms with Gasteiger partial charge in [-0.25, -0.2) is 4.98 Å². The van der Waals surface area contributed by atoms with Gasteiger partial charge in [-0.15, -0.1) is 5.10 Å². The van der Waals surface area contributed by atoms with Crippen LogP contribution in [0.15, 0.2) is 29.7 Å². The molecule has 0 spiro atoms. The van der Waals surface area contributed by atoms with Crippen LogP contribution >= 0.6 is 35.0 Å². The monoisotopic (exact) mass is 472 g/mol. The number of fused-ring (bicyclic) bond motifs is 1. The van der Waals surface area contributed by atoms with Crippen molar-refractivity contribution in [2.24, 2.45) is 30.5 Å². The van der Waals surface area contributed by atoms with Crippen LogP contribution in [0.3, 0.4) is 0 Å². The summed E-state index contributed by atoms with van der Waals surface area (Å²) in [5.41, 5.74) is 5.17. The van der Waals surface area contributed by atoms with Gasteiger partial charge in [0.15, 0.2) is 0 Å². The minimum atomic E-state index is -1.85. The normalized spacial score (nSPS) is 32.1. The molecule has 2 saturated carbocycles. The number of thioether (sulfide) groups is 1. The first-order valence-electron chi connectivity index (χ1n) is 8.97. The smallest absolute Gasteiger partial charge is 0.326 e. The Hall–Kier alpha value is -1.85. The summed E-state index contributed by atoms with van der Waals surface area (Å²) in [5.74, 6) is -4.41. The van der Waals surface area contributed by atoms with Gasteiger partial charge in [-0.2, -0.15) is 0 Å². The predicted molar refractivity (Wildman–Crippen MR) is 108 cm³/mol. The van der Waals surface area contributed by atoms with Crippen molar-refractivity contribution in [2.75, 3.05) is 0 Å². The molecule has 1 aromatic carbocycles. The van der Waals surface area contributed by atoms with Crippen molar-refractivity contribution in [1.29, 1.82) is 0 Å². The number of hydrogen-bond acceptors (Lipinski definition) is 7. The topological polar surface area (TPSA) is 141 Å². The van der Waals surface area contributed by atoms with Gasteiger partial charge in [0.2, 0.25) is 5.16 Å². The minimum absolute atomic E-state index is 0.0394. The van der Waals surface area contributed by atoms with Gasteiger partial charge in [-0.3, -0.25) is 14.3 Å². The Morgan fingerprint density at radius 2 is 2.07 bits per heavy atom. The van der Waals surface area contributed by atoms with Crippen LogP contribution in [0.1, 0.15) is 5.56 Å². The fourth-order valence-corrected chi connectivity index (χ4v) is 6.06. The molecule has 0 bridgehead atoms. The second kappa shape index (κ2) is 7.69. The lowest BCUT2D eigenvalue weighted by Crippen LogP contribution is -2.61. The second-order valence-corrected chi connectivity index (χ2v) is 9.43. The number of hydrogen-bond donors (Lipinski definition) is 3. The van der Waals surface area contributed by atoms with E-state index in [1.165, 1.54) is 22.8 Å². The number of ether oxygens (including phenoxy) is 1. The van der Waals surface area contributed by atoms with Crippen LogP contribution in [0.4, 0.5) is 0 Å². The molecule has 4 N–H and O–H groups in total. The van der Waals surface area contributed by atoms with Crippen molar-refractivity contribution in [1.82, 2.24) is 14.8 Å². The first-order chi connectivity index (χ1) is 14.1. The number of carboxylic acids is 2. The van der Waals surface area contributed by atoms with Crippen molar-refractivity contribution in [3.8, 4) is 0 Å². The number of nitrogens with two attached hydrogens (primary N) is 1.